The van der Waals surface area contributed by atoms with Crippen molar-refractivity contribution in [3.63, 3.8) is 0 Å². The second-order valence-electron chi connectivity index (χ2n) is 10.3. The SMILES string of the molecule is O=C(NCCc1ccccc1)C1CN(C(=O)CN(CCc2ccccc2)S(=O)(=O)c2cc(Cl)ccc2Cl)c2ccccc2O1. The maximum absolute atomic E-state index is 14.0. The highest BCUT2D eigenvalue weighted by atomic mass is 35.5. The van der Waals surface area contributed by atoms with E-state index in [1.807, 2.05) is 60.7 Å². The third-order valence-corrected chi connectivity index (χ3v) is 9.80. The highest BCUT2D eigenvalue weighted by Crippen LogP contribution is 2.34. The number of ether oxygens (including phenoxy) is 1. The Hall–Kier alpha value is -3.89. The molecule has 8 nitrogen and oxygen atoms in total. The molecule has 5 rings (SSSR count). The van der Waals surface area contributed by atoms with Crippen LogP contribution in [0.2, 0.25) is 10.0 Å². The number of benzene rings is 4. The molecule has 0 bridgehead atoms. The molecule has 1 N–H and O–H groups in total. The van der Waals surface area contributed by atoms with Gasteiger partial charge in [0, 0.05) is 18.1 Å². The van der Waals surface area contributed by atoms with Crippen molar-refractivity contribution >= 4 is 50.7 Å². The van der Waals surface area contributed by atoms with Gasteiger partial charge in [-0.3, -0.25) is 9.59 Å². The van der Waals surface area contributed by atoms with Crippen LogP contribution in [0.1, 0.15) is 11.1 Å². The van der Waals surface area contributed by atoms with Crippen LogP contribution in [0, 0.1) is 0 Å². The molecule has 0 radical (unpaired) electrons. The first-order valence-electron chi connectivity index (χ1n) is 14.1. The lowest BCUT2D eigenvalue weighted by Gasteiger charge is -2.35. The zero-order valence-electron chi connectivity index (χ0n) is 23.7. The van der Waals surface area contributed by atoms with E-state index in [0.717, 1.165) is 15.4 Å². The summed E-state index contributed by atoms with van der Waals surface area (Å²) >= 11 is 12.4. The van der Waals surface area contributed by atoms with Crippen LogP contribution in [-0.4, -0.2) is 56.8 Å². The van der Waals surface area contributed by atoms with E-state index in [0.29, 0.717) is 30.8 Å². The monoisotopic (exact) mass is 651 g/mol. The van der Waals surface area contributed by atoms with E-state index >= 15 is 0 Å². The summed E-state index contributed by atoms with van der Waals surface area (Å²) in [5.74, 6) is -0.531. The number of para-hydroxylation sites is 2. The number of anilines is 1. The Kier molecular flexibility index (Phi) is 10.2. The van der Waals surface area contributed by atoms with Gasteiger partial charge in [0.1, 0.15) is 10.6 Å². The summed E-state index contributed by atoms with van der Waals surface area (Å²) in [5.41, 5.74) is 2.43. The number of carbonyl (C=O) groups is 2. The smallest absolute Gasteiger partial charge is 0.262 e. The molecule has 44 heavy (non-hydrogen) atoms. The zero-order chi connectivity index (χ0) is 31.1. The van der Waals surface area contributed by atoms with Crippen molar-refractivity contribution in [3.8, 4) is 5.75 Å². The molecule has 1 atom stereocenters. The number of nitrogens with zero attached hydrogens (tertiary/aromatic N) is 2. The van der Waals surface area contributed by atoms with Crippen LogP contribution in [0.3, 0.4) is 0 Å². The van der Waals surface area contributed by atoms with Crippen molar-refractivity contribution < 1.29 is 22.7 Å². The highest BCUT2D eigenvalue weighted by Gasteiger charge is 2.36. The quantitative estimate of drug-likeness (QED) is 0.235. The summed E-state index contributed by atoms with van der Waals surface area (Å²) in [7, 11) is -4.24. The Morgan fingerprint density at radius 3 is 2.20 bits per heavy atom. The Morgan fingerprint density at radius 1 is 0.864 bits per heavy atom. The first kappa shape index (κ1) is 31.5. The molecule has 1 heterocycles. The molecule has 0 aliphatic carbocycles. The van der Waals surface area contributed by atoms with Crippen molar-refractivity contribution in [2.75, 3.05) is 31.1 Å². The molecule has 11 heteroatoms. The van der Waals surface area contributed by atoms with E-state index in [2.05, 4.69) is 5.32 Å². The van der Waals surface area contributed by atoms with E-state index in [-0.39, 0.29) is 33.9 Å². The predicted molar refractivity (Wildman–Crippen MR) is 172 cm³/mol. The molecule has 2 amide bonds. The minimum absolute atomic E-state index is 0.00415. The maximum Gasteiger partial charge on any atom is 0.262 e. The normalized spacial score (nSPS) is 14.5. The minimum Gasteiger partial charge on any atom is -0.477 e. The fourth-order valence-electron chi connectivity index (χ4n) is 4.93. The third kappa shape index (κ3) is 7.60. The average molecular weight is 653 g/mol. The van der Waals surface area contributed by atoms with Gasteiger partial charge in [-0.2, -0.15) is 4.31 Å². The van der Waals surface area contributed by atoms with Crippen molar-refractivity contribution in [3.05, 3.63) is 124 Å². The molecule has 4 aromatic rings. The van der Waals surface area contributed by atoms with Crippen LogP contribution in [0.15, 0.2) is 108 Å². The molecular weight excluding hydrogens is 621 g/mol. The summed E-state index contributed by atoms with van der Waals surface area (Å²) < 4.78 is 34.9. The van der Waals surface area contributed by atoms with Crippen LogP contribution < -0.4 is 15.0 Å². The number of hydrogen-bond acceptors (Lipinski definition) is 5. The van der Waals surface area contributed by atoms with Crippen molar-refractivity contribution in [1.29, 1.82) is 0 Å². The second kappa shape index (κ2) is 14.3. The molecule has 1 aliphatic heterocycles. The molecular formula is C33H31Cl2N3O5S. The molecule has 0 fully saturated rings. The molecule has 0 aromatic heterocycles. The largest absolute Gasteiger partial charge is 0.477 e. The fourth-order valence-corrected chi connectivity index (χ4v) is 7.06. The lowest BCUT2D eigenvalue weighted by atomic mass is 10.1. The molecule has 1 unspecified atom stereocenters. The number of sulfonamides is 1. The first-order chi connectivity index (χ1) is 21.2. The zero-order valence-corrected chi connectivity index (χ0v) is 26.1. The van der Waals surface area contributed by atoms with Gasteiger partial charge < -0.3 is 15.0 Å². The van der Waals surface area contributed by atoms with E-state index in [1.54, 1.807) is 24.3 Å². The Bertz CT molecular complexity index is 1720. The van der Waals surface area contributed by atoms with Gasteiger partial charge in [-0.05, 0) is 54.3 Å². The van der Waals surface area contributed by atoms with Crippen LogP contribution in [-0.2, 0) is 32.5 Å². The number of carbonyl (C=O) groups excluding carboxylic acids is 2. The predicted octanol–water partition coefficient (Wildman–Crippen LogP) is 5.38. The van der Waals surface area contributed by atoms with Gasteiger partial charge >= 0.3 is 0 Å². The number of rotatable bonds is 11. The number of amides is 2. The lowest BCUT2D eigenvalue weighted by molar-refractivity contribution is -0.128. The van der Waals surface area contributed by atoms with Gasteiger partial charge in [0.2, 0.25) is 15.9 Å². The molecule has 0 saturated carbocycles. The molecule has 4 aromatic carbocycles. The first-order valence-corrected chi connectivity index (χ1v) is 16.3. The minimum atomic E-state index is -4.24. The summed E-state index contributed by atoms with van der Waals surface area (Å²) in [6.07, 6.45) is 0.0117. The Morgan fingerprint density at radius 2 is 1.50 bits per heavy atom. The number of hydrogen-bond donors (Lipinski definition) is 1. The van der Waals surface area contributed by atoms with E-state index in [9.17, 15) is 18.0 Å². The average Bonchev–Trinajstić information content (AvgIpc) is 3.04. The van der Waals surface area contributed by atoms with Crippen LogP contribution in [0.25, 0.3) is 0 Å². The second-order valence-corrected chi connectivity index (χ2v) is 13.0. The van der Waals surface area contributed by atoms with Gasteiger partial charge in [-0.15, -0.1) is 0 Å². The molecule has 0 saturated heterocycles. The van der Waals surface area contributed by atoms with E-state index in [1.165, 1.54) is 23.1 Å². The third-order valence-electron chi connectivity index (χ3n) is 7.24. The van der Waals surface area contributed by atoms with Gasteiger partial charge in [-0.25, -0.2) is 8.42 Å². The number of halogens is 2. The summed E-state index contributed by atoms with van der Waals surface area (Å²) in [4.78, 5) is 28.3. The van der Waals surface area contributed by atoms with Crippen LogP contribution in [0.4, 0.5) is 5.69 Å². The van der Waals surface area contributed by atoms with Crippen LogP contribution in [0.5, 0.6) is 5.75 Å². The number of nitrogens with one attached hydrogen (secondary N) is 1. The standard InChI is InChI=1S/C33H31Cl2N3O5S/c34-26-15-16-27(35)31(21-26)44(41,42)37(20-18-25-11-5-2-6-12-25)23-32(39)38-22-30(43-29-14-8-7-13-28(29)38)33(40)36-19-17-24-9-3-1-4-10-24/h1-16,21,30H,17-20,22-23H2,(H,36,40). The Labute approximate surface area is 267 Å². The van der Waals surface area contributed by atoms with E-state index < -0.39 is 28.6 Å². The van der Waals surface area contributed by atoms with Gasteiger partial charge in [0.05, 0.1) is 23.8 Å². The Balaban J connectivity index is 1.37. The summed E-state index contributed by atoms with van der Waals surface area (Å²) in [6, 6.07) is 30.2. The number of fused-ring (bicyclic) bond motifs is 1. The summed E-state index contributed by atoms with van der Waals surface area (Å²) in [6.45, 7) is -0.174. The van der Waals surface area contributed by atoms with Gasteiger partial charge in [0.25, 0.3) is 5.91 Å². The molecule has 0 spiro atoms. The molecule has 228 valence electrons. The van der Waals surface area contributed by atoms with Crippen molar-refractivity contribution in [1.82, 2.24) is 9.62 Å². The maximum atomic E-state index is 14.0. The van der Waals surface area contributed by atoms with Crippen molar-refractivity contribution in [2.24, 2.45) is 0 Å². The van der Waals surface area contributed by atoms with Crippen molar-refractivity contribution in [2.45, 2.75) is 23.8 Å². The summed E-state index contributed by atoms with van der Waals surface area (Å²) in [5, 5.41) is 3.09. The van der Waals surface area contributed by atoms with Gasteiger partial charge in [0.15, 0.2) is 6.10 Å². The fraction of sp³-hybridized carbons (Fsp3) is 0.212. The topological polar surface area (TPSA) is 96.0 Å². The molecule has 1 aliphatic rings. The van der Waals surface area contributed by atoms with Gasteiger partial charge in [-0.1, -0.05) is 96.0 Å². The lowest BCUT2D eigenvalue weighted by Crippen LogP contribution is -2.53. The van der Waals surface area contributed by atoms with Crippen LogP contribution >= 0.6 is 23.2 Å². The van der Waals surface area contributed by atoms with E-state index in [4.69, 9.17) is 27.9 Å². The highest BCUT2D eigenvalue weighted by molar-refractivity contribution is 7.89.